The lowest BCUT2D eigenvalue weighted by Gasteiger charge is -2.21. The SMILES string of the molecule is O=C(O)CCCNC(=O)c1cc(F)c(NC2CCCC2)cc1NC1CCCC1. The van der Waals surface area contributed by atoms with Crippen molar-refractivity contribution in [3.05, 3.63) is 23.5 Å². The maximum atomic E-state index is 14.7. The smallest absolute Gasteiger partial charge is 0.303 e. The largest absolute Gasteiger partial charge is 0.481 e. The highest BCUT2D eigenvalue weighted by Gasteiger charge is 2.22. The summed E-state index contributed by atoms with van der Waals surface area (Å²) in [5, 5.41) is 18.1. The molecule has 0 aromatic heterocycles. The van der Waals surface area contributed by atoms with E-state index in [-0.39, 0.29) is 30.5 Å². The first-order valence-electron chi connectivity index (χ1n) is 10.4. The highest BCUT2D eigenvalue weighted by atomic mass is 19.1. The van der Waals surface area contributed by atoms with Crippen molar-refractivity contribution in [2.75, 3.05) is 17.2 Å². The molecule has 0 atom stereocenters. The van der Waals surface area contributed by atoms with Gasteiger partial charge in [-0.2, -0.15) is 0 Å². The number of benzene rings is 1. The van der Waals surface area contributed by atoms with E-state index in [0.29, 0.717) is 23.8 Å². The van der Waals surface area contributed by atoms with Crippen molar-refractivity contribution in [3.8, 4) is 0 Å². The normalized spacial score (nSPS) is 17.6. The fraction of sp³-hybridized carbons (Fsp3) is 0.619. The molecule has 0 spiro atoms. The molecule has 154 valence electrons. The van der Waals surface area contributed by atoms with Gasteiger partial charge < -0.3 is 21.1 Å². The summed E-state index contributed by atoms with van der Waals surface area (Å²) in [6.45, 7) is 0.248. The molecule has 2 aliphatic rings. The predicted octanol–water partition coefficient (Wildman–Crippen LogP) is 4.13. The molecule has 0 bridgehead atoms. The number of carboxylic acid groups (broad SMARTS) is 1. The number of hydrogen-bond donors (Lipinski definition) is 4. The second-order valence-electron chi connectivity index (χ2n) is 7.88. The van der Waals surface area contributed by atoms with Crippen LogP contribution in [0.3, 0.4) is 0 Å². The van der Waals surface area contributed by atoms with Crippen LogP contribution in [0.2, 0.25) is 0 Å². The summed E-state index contributed by atoms with van der Waals surface area (Å²) in [6.07, 6.45) is 9.12. The molecular weight excluding hydrogens is 361 g/mol. The molecule has 1 amide bonds. The van der Waals surface area contributed by atoms with Gasteiger partial charge in [0.15, 0.2) is 0 Å². The van der Waals surface area contributed by atoms with E-state index < -0.39 is 11.8 Å². The summed E-state index contributed by atoms with van der Waals surface area (Å²) < 4.78 is 14.7. The Labute approximate surface area is 165 Å². The van der Waals surface area contributed by atoms with E-state index >= 15 is 0 Å². The zero-order valence-electron chi connectivity index (χ0n) is 16.2. The number of amides is 1. The Morgan fingerprint density at radius 2 is 1.54 bits per heavy atom. The minimum atomic E-state index is -0.897. The fourth-order valence-electron chi connectivity index (χ4n) is 4.11. The summed E-state index contributed by atoms with van der Waals surface area (Å²) in [5.41, 5.74) is 1.36. The van der Waals surface area contributed by atoms with Gasteiger partial charge >= 0.3 is 5.97 Å². The van der Waals surface area contributed by atoms with Crippen molar-refractivity contribution in [1.29, 1.82) is 0 Å². The van der Waals surface area contributed by atoms with E-state index in [9.17, 15) is 14.0 Å². The third kappa shape index (κ3) is 5.59. The number of rotatable bonds is 9. The quantitative estimate of drug-likeness (QED) is 0.475. The molecule has 2 aliphatic carbocycles. The van der Waals surface area contributed by atoms with Crippen molar-refractivity contribution < 1.29 is 19.1 Å². The van der Waals surface area contributed by atoms with Gasteiger partial charge in [0.25, 0.3) is 5.91 Å². The molecule has 4 N–H and O–H groups in total. The van der Waals surface area contributed by atoms with Crippen molar-refractivity contribution >= 4 is 23.3 Å². The lowest BCUT2D eigenvalue weighted by Crippen LogP contribution is -2.27. The average Bonchev–Trinajstić information content (AvgIpc) is 3.35. The van der Waals surface area contributed by atoms with E-state index in [1.165, 1.54) is 6.07 Å². The van der Waals surface area contributed by atoms with Crippen LogP contribution in [0.5, 0.6) is 0 Å². The monoisotopic (exact) mass is 391 g/mol. The Morgan fingerprint density at radius 1 is 0.964 bits per heavy atom. The molecule has 0 saturated heterocycles. The summed E-state index contributed by atoms with van der Waals surface area (Å²) in [6, 6.07) is 3.59. The van der Waals surface area contributed by atoms with Crippen LogP contribution in [0, 0.1) is 5.82 Å². The van der Waals surface area contributed by atoms with Gasteiger partial charge in [-0.1, -0.05) is 25.7 Å². The van der Waals surface area contributed by atoms with Crippen molar-refractivity contribution in [2.45, 2.75) is 76.3 Å². The van der Waals surface area contributed by atoms with Crippen molar-refractivity contribution in [3.63, 3.8) is 0 Å². The number of hydrogen-bond acceptors (Lipinski definition) is 4. The van der Waals surface area contributed by atoms with Gasteiger partial charge in [0.1, 0.15) is 5.82 Å². The second-order valence-corrected chi connectivity index (χ2v) is 7.88. The zero-order valence-corrected chi connectivity index (χ0v) is 16.2. The molecule has 3 rings (SSSR count). The van der Waals surface area contributed by atoms with Crippen molar-refractivity contribution in [1.82, 2.24) is 5.32 Å². The highest BCUT2D eigenvalue weighted by molar-refractivity contribution is 6.00. The molecule has 28 heavy (non-hydrogen) atoms. The summed E-state index contributed by atoms with van der Waals surface area (Å²) in [4.78, 5) is 23.2. The Kier molecular flexibility index (Phi) is 7.12. The van der Waals surface area contributed by atoms with Crippen molar-refractivity contribution in [2.24, 2.45) is 0 Å². The molecule has 7 heteroatoms. The van der Waals surface area contributed by atoms with E-state index in [4.69, 9.17) is 5.11 Å². The molecule has 6 nitrogen and oxygen atoms in total. The van der Waals surface area contributed by atoms with Crippen LogP contribution in [0.15, 0.2) is 12.1 Å². The van der Waals surface area contributed by atoms with Gasteiger partial charge in [-0.05, 0) is 44.2 Å². The van der Waals surface area contributed by atoms with E-state index in [2.05, 4.69) is 16.0 Å². The Hall–Kier alpha value is -2.31. The van der Waals surface area contributed by atoms with Crippen LogP contribution in [0.1, 0.15) is 74.6 Å². The first-order valence-corrected chi connectivity index (χ1v) is 10.4. The first kappa shape index (κ1) is 20.4. The summed E-state index contributed by atoms with van der Waals surface area (Å²) >= 11 is 0. The molecular formula is C21H30FN3O3. The lowest BCUT2D eigenvalue weighted by molar-refractivity contribution is -0.137. The number of carboxylic acids is 1. The van der Waals surface area contributed by atoms with E-state index in [0.717, 1.165) is 51.4 Å². The van der Waals surface area contributed by atoms with E-state index in [1.54, 1.807) is 6.07 Å². The Bertz CT molecular complexity index is 698. The predicted molar refractivity (Wildman–Crippen MR) is 107 cm³/mol. The van der Waals surface area contributed by atoms with Gasteiger partial charge in [-0.25, -0.2) is 4.39 Å². The Morgan fingerprint density at radius 3 is 2.11 bits per heavy atom. The molecule has 0 unspecified atom stereocenters. The third-order valence-electron chi connectivity index (χ3n) is 5.63. The van der Waals surface area contributed by atoms with Gasteiger partial charge in [0.2, 0.25) is 0 Å². The van der Waals surface area contributed by atoms with Gasteiger partial charge in [-0.3, -0.25) is 9.59 Å². The summed E-state index contributed by atoms with van der Waals surface area (Å²) in [5.74, 6) is -1.71. The second kappa shape index (κ2) is 9.75. The van der Waals surface area contributed by atoms with E-state index in [1.807, 2.05) is 0 Å². The Balaban J connectivity index is 1.74. The highest BCUT2D eigenvalue weighted by Crippen LogP contribution is 2.31. The zero-order chi connectivity index (χ0) is 19.9. The first-order chi connectivity index (χ1) is 13.5. The number of carbonyl (C=O) groups excluding carboxylic acids is 1. The topological polar surface area (TPSA) is 90.5 Å². The van der Waals surface area contributed by atoms with Crippen LogP contribution < -0.4 is 16.0 Å². The van der Waals surface area contributed by atoms with Crippen LogP contribution >= 0.6 is 0 Å². The lowest BCUT2D eigenvalue weighted by atomic mass is 10.1. The molecule has 2 fully saturated rings. The number of anilines is 2. The molecule has 0 heterocycles. The fourth-order valence-corrected chi connectivity index (χ4v) is 4.11. The van der Waals surface area contributed by atoms with Crippen LogP contribution in [-0.4, -0.2) is 35.6 Å². The van der Waals surface area contributed by atoms with Crippen LogP contribution in [-0.2, 0) is 4.79 Å². The molecule has 0 radical (unpaired) electrons. The molecule has 1 aromatic rings. The molecule has 0 aliphatic heterocycles. The van der Waals surface area contributed by atoms with Gasteiger partial charge in [0.05, 0.1) is 11.3 Å². The van der Waals surface area contributed by atoms with Crippen LogP contribution in [0.25, 0.3) is 0 Å². The number of halogens is 1. The standard InChI is InChI=1S/C21H30FN3O3/c22-17-12-16(21(28)23-11-5-10-20(26)27)18(24-14-6-1-2-7-14)13-19(17)25-15-8-3-4-9-15/h12-15,24-25H,1-11H2,(H,23,28)(H,26,27). The summed E-state index contributed by atoms with van der Waals surface area (Å²) in [7, 11) is 0. The third-order valence-corrected chi connectivity index (χ3v) is 5.63. The minimum Gasteiger partial charge on any atom is -0.481 e. The average molecular weight is 391 g/mol. The maximum absolute atomic E-state index is 14.7. The number of carbonyl (C=O) groups is 2. The molecule has 2 saturated carbocycles. The van der Waals surface area contributed by atoms with Gasteiger partial charge in [-0.15, -0.1) is 0 Å². The minimum absolute atomic E-state index is 0.00787. The van der Waals surface area contributed by atoms with Crippen LogP contribution in [0.4, 0.5) is 15.8 Å². The van der Waals surface area contributed by atoms with Gasteiger partial charge in [0, 0.05) is 30.7 Å². The number of aliphatic carboxylic acids is 1. The molecule has 1 aromatic carbocycles. The number of nitrogens with one attached hydrogen (secondary N) is 3. The maximum Gasteiger partial charge on any atom is 0.303 e.